The number of halogens is 3. The molecule has 2 saturated heterocycles. The van der Waals surface area contributed by atoms with E-state index in [4.69, 9.17) is 4.42 Å². The van der Waals surface area contributed by atoms with Gasteiger partial charge in [0.1, 0.15) is 0 Å². The Morgan fingerprint density at radius 3 is 2.28 bits per heavy atom. The van der Waals surface area contributed by atoms with Crippen LogP contribution in [0.5, 0.6) is 0 Å². The highest BCUT2D eigenvalue weighted by Crippen LogP contribution is 2.44. The molecule has 29 heavy (non-hydrogen) atoms. The summed E-state index contributed by atoms with van der Waals surface area (Å²) >= 11 is 1.71. The Labute approximate surface area is 169 Å². The maximum absolute atomic E-state index is 12.8. The molecule has 1 aromatic carbocycles. The van der Waals surface area contributed by atoms with Crippen LogP contribution >= 0.6 is 11.8 Å². The molecule has 0 atom stereocenters. The molecule has 3 heterocycles. The van der Waals surface area contributed by atoms with Gasteiger partial charge in [-0.15, -0.1) is 11.8 Å². The predicted octanol–water partition coefficient (Wildman–Crippen LogP) is 4.12. The molecule has 2 fully saturated rings. The highest BCUT2D eigenvalue weighted by molar-refractivity contribution is 8.00. The molecule has 5 nitrogen and oxygen atoms in total. The second-order valence-corrected chi connectivity index (χ2v) is 8.55. The predicted molar refractivity (Wildman–Crippen MR) is 102 cm³/mol. The van der Waals surface area contributed by atoms with Crippen LogP contribution < -0.4 is 0 Å². The summed E-state index contributed by atoms with van der Waals surface area (Å²) < 4.78 is 43.4. The van der Waals surface area contributed by atoms with Gasteiger partial charge in [0.05, 0.1) is 16.7 Å². The lowest BCUT2D eigenvalue weighted by atomic mass is 10.0. The third kappa shape index (κ3) is 3.75. The van der Waals surface area contributed by atoms with Crippen LogP contribution in [0.25, 0.3) is 0 Å². The first-order valence-electron chi connectivity index (χ1n) is 9.26. The Kier molecular flexibility index (Phi) is 5.10. The van der Waals surface area contributed by atoms with Crippen LogP contribution in [0.2, 0.25) is 0 Å². The number of hydrogen-bond donors (Lipinski definition) is 0. The number of alkyl halides is 3. The number of carbonyl (C=O) groups excluding carboxylic acids is 2. The summed E-state index contributed by atoms with van der Waals surface area (Å²) in [5, 5.41) is 0. The van der Waals surface area contributed by atoms with E-state index in [1.54, 1.807) is 28.8 Å². The molecule has 4 rings (SSSR count). The van der Waals surface area contributed by atoms with Gasteiger partial charge in [-0.2, -0.15) is 13.2 Å². The highest BCUT2D eigenvalue weighted by atomic mass is 32.2. The van der Waals surface area contributed by atoms with Crippen molar-refractivity contribution in [1.82, 2.24) is 9.80 Å². The monoisotopic (exact) mass is 424 g/mol. The summed E-state index contributed by atoms with van der Waals surface area (Å²) in [4.78, 5) is 28.6. The Morgan fingerprint density at radius 2 is 1.69 bits per heavy atom. The molecule has 0 bridgehead atoms. The zero-order chi connectivity index (χ0) is 20.6. The van der Waals surface area contributed by atoms with E-state index in [-0.39, 0.29) is 22.2 Å². The van der Waals surface area contributed by atoms with Gasteiger partial charge in [-0.1, -0.05) is 0 Å². The Bertz CT molecular complexity index is 889. The number of nitrogens with zero attached hydrogens (tertiary/aromatic N) is 2. The van der Waals surface area contributed by atoms with Crippen LogP contribution in [-0.4, -0.2) is 51.9 Å². The molecule has 1 spiro atoms. The molecule has 0 saturated carbocycles. The van der Waals surface area contributed by atoms with Crippen LogP contribution in [0.4, 0.5) is 13.2 Å². The summed E-state index contributed by atoms with van der Waals surface area (Å²) in [6.07, 6.45) is -1.75. The van der Waals surface area contributed by atoms with E-state index in [2.05, 4.69) is 0 Å². The number of likely N-dealkylation sites (tertiary alicyclic amines) is 1. The first-order chi connectivity index (χ1) is 13.8. The zero-order valence-corrected chi connectivity index (χ0v) is 16.3. The normalized spacial score (nSPS) is 19.0. The van der Waals surface area contributed by atoms with Crippen molar-refractivity contribution in [3.05, 3.63) is 59.5 Å². The summed E-state index contributed by atoms with van der Waals surface area (Å²) in [5.41, 5.74) is -0.544. The number of furan rings is 1. The molecule has 2 aliphatic heterocycles. The second-order valence-electron chi connectivity index (χ2n) is 7.10. The summed E-state index contributed by atoms with van der Waals surface area (Å²) in [6.45, 7) is 1.50. The van der Waals surface area contributed by atoms with Gasteiger partial charge in [0.25, 0.3) is 11.8 Å². The van der Waals surface area contributed by atoms with Gasteiger partial charge in [-0.3, -0.25) is 9.59 Å². The largest absolute Gasteiger partial charge is 0.459 e. The van der Waals surface area contributed by atoms with Gasteiger partial charge in [0.15, 0.2) is 5.76 Å². The van der Waals surface area contributed by atoms with Gasteiger partial charge in [0, 0.05) is 31.0 Å². The maximum atomic E-state index is 12.8. The number of hydrogen-bond acceptors (Lipinski definition) is 4. The van der Waals surface area contributed by atoms with Gasteiger partial charge in [-0.05, 0) is 49.2 Å². The number of piperidine rings is 1. The number of benzene rings is 1. The summed E-state index contributed by atoms with van der Waals surface area (Å²) in [5.74, 6) is 0.678. The maximum Gasteiger partial charge on any atom is 0.416 e. The Balaban J connectivity index is 1.43. The molecular weight excluding hydrogens is 405 g/mol. The lowest BCUT2D eigenvalue weighted by molar-refractivity contribution is -0.137. The minimum absolute atomic E-state index is 0.150. The Hall–Kier alpha value is -2.42. The van der Waals surface area contributed by atoms with Crippen molar-refractivity contribution in [3.8, 4) is 0 Å². The SMILES string of the molecule is O=C(c1ccc(C(F)(F)F)cc1)N1CCC2(CC1)SCCN2C(=O)c1ccco1. The van der Waals surface area contributed by atoms with Crippen molar-refractivity contribution in [2.75, 3.05) is 25.4 Å². The van der Waals surface area contributed by atoms with Gasteiger partial charge in [-0.25, -0.2) is 0 Å². The average molecular weight is 424 g/mol. The first kappa shape index (κ1) is 19.9. The van der Waals surface area contributed by atoms with Crippen LogP contribution in [0.3, 0.4) is 0 Å². The third-order valence-corrected chi connectivity index (χ3v) is 7.00. The lowest BCUT2D eigenvalue weighted by Gasteiger charge is -2.43. The molecule has 0 unspecified atom stereocenters. The molecule has 9 heteroatoms. The van der Waals surface area contributed by atoms with Crippen LogP contribution in [-0.2, 0) is 6.18 Å². The topological polar surface area (TPSA) is 53.8 Å². The quantitative estimate of drug-likeness (QED) is 0.728. The molecule has 2 aliphatic rings. The fourth-order valence-corrected chi connectivity index (χ4v) is 5.34. The van der Waals surface area contributed by atoms with Crippen molar-refractivity contribution in [2.24, 2.45) is 0 Å². The average Bonchev–Trinajstić information content (AvgIpc) is 3.38. The Morgan fingerprint density at radius 1 is 1.00 bits per heavy atom. The smallest absolute Gasteiger partial charge is 0.416 e. The number of carbonyl (C=O) groups is 2. The van der Waals surface area contributed by atoms with Crippen LogP contribution in [0, 0.1) is 0 Å². The van der Waals surface area contributed by atoms with E-state index in [1.165, 1.54) is 18.4 Å². The molecule has 0 radical (unpaired) electrons. The molecule has 0 N–H and O–H groups in total. The molecule has 0 aliphatic carbocycles. The third-order valence-electron chi connectivity index (χ3n) is 5.45. The second kappa shape index (κ2) is 7.44. The zero-order valence-electron chi connectivity index (χ0n) is 15.4. The fourth-order valence-electron chi connectivity index (χ4n) is 3.89. The van der Waals surface area contributed by atoms with Gasteiger partial charge >= 0.3 is 6.18 Å². The van der Waals surface area contributed by atoms with E-state index >= 15 is 0 Å². The summed E-state index contributed by atoms with van der Waals surface area (Å²) in [7, 11) is 0. The van der Waals surface area contributed by atoms with E-state index in [9.17, 15) is 22.8 Å². The first-order valence-corrected chi connectivity index (χ1v) is 10.2. The van der Waals surface area contributed by atoms with Crippen molar-refractivity contribution in [1.29, 1.82) is 0 Å². The highest BCUT2D eigenvalue weighted by Gasteiger charge is 2.47. The van der Waals surface area contributed by atoms with Crippen molar-refractivity contribution >= 4 is 23.6 Å². The van der Waals surface area contributed by atoms with E-state index in [0.29, 0.717) is 38.2 Å². The molecule has 2 amide bonds. The van der Waals surface area contributed by atoms with Crippen molar-refractivity contribution < 1.29 is 27.2 Å². The van der Waals surface area contributed by atoms with Gasteiger partial charge in [0.2, 0.25) is 0 Å². The molecule has 154 valence electrons. The van der Waals surface area contributed by atoms with E-state index in [0.717, 1.165) is 17.9 Å². The standard InChI is InChI=1S/C20H19F3N2O3S/c21-20(22,23)15-5-3-14(4-6-15)17(26)24-9-7-19(8-10-24)25(11-13-29-19)18(27)16-2-1-12-28-16/h1-6,12H,7-11,13H2. The fraction of sp³-hybridized carbons (Fsp3) is 0.400. The van der Waals surface area contributed by atoms with Crippen LogP contribution in [0.15, 0.2) is 47.1 Å². The minimum Gasteiger partial charge on any atom is -0.459 e. The van der Waals surface area contributed by atoms with E-state index in [1.807, 2.05) is 4.90 Å². The van der Waals surface area contributed by atoms with Gasteiger partial charge < -0.3 is 14.2 Å². The number of amides is 2. The number of rotatable bonds is 2. The molecule has 2 aromatic rings. The summed E-state index contributed by atoms with van der Waals surface area (Å²) in [6, 6.07) is 7.60. The van der Waals surface area contributed by atoms with Crippen molar-refractivity contribution in [3.63, 3.8) is 0 Å². The van der Waals surface area contributed by atoms with Crippen LogP contribution in [0.1, 0.15) is 39.3 Å². The molecular formula is C20H19F3N2O3S. The van der Waals surface area contributed by atoms with Crippen molar-refractivity contribution in [2.45, 2.75) is 23.9 Å². The molecule has 1 aromatic heterocycles. The minimum atomic E-state index is -4.43. The van der Waals surface area contributed by atoms with E-state index < -0.39 is 11.7 Å². The lowest BCUT2D eigenvalue weighted by Crippen LogP contribution is -2.53. The number of thioether (sulfide) groups is 1.